The molecule has 1 N–H and O–H groups in total. The maximum atomic E-state index is 4.27. The van der Waals surface area contributed by atoms with Gasteiger partial charge in [0.2, 0.25) is 0 Å². The average Bonchev–Trinajstić information content (AvgIpc) is 2.83. The van der Waals surface area contributed by atoms with Crippen molar-refractivity contribution in [2.45, 2.75) is 59.2 Å². The molecule has 0 radical (unpaired) electrons. The first kappa shape index (κ1) is 16.4. The van der Waals surface area contributed by atoms with Gasteiger partial charge in [-0.15, -0.1) is 5.10 Å². The third kappa shape index (κ3) is 4.51. The quantitative estimate of drug-likeness (QED) is 0.872. The van der Waals surface area contributed by atoms with Crippen LogP contribution >= 0.6 is 0 Å². The molecule has 21 heavy (non-hydrogen) atoms. The zero-order chi connectivity index (χ0) is 15.4. The van der Waals surface area contributed by atoms with Gasteiger partial charge >= 0.3 is 0 Å². The first-order valence-electron chi connectivity index (χ1n) is 8.32. The number of piperazine rings is 1. The molecule has 0 spiro atoms. The van der Waals surface area contributed by atoms with E-state index in [-0.39, 0.29) is 0 Å². The molecule has 0 amide bonds. The van der Waals surface area contributed by atoms with E-state index in [1.807, 2.05) is 13.2 Å². The molecule has 1 aliphatic rings. The van der Waals surface area contributed by atoms with Crippen LogP contribution in [0.15, 0.2) is 6.20 Å². The monoisotopic (exact) mass is 293 g/mol. The van der Waals surface area contributed by atoms with E-state index in [9.17, 15) is 0 Å². The topological polar surface area (TPSA) is 46.0 Å². The fraction of sp³-hybridized carbons (Fsp3) is 0.875. The second kappa shape index (κ2) is 7.36. The van der Waals surface area contributed by atoms with Crippen molar-refractivity contribution in [3.63, 3.8) is 0 Å². The van der Waals surface area contributed by atoms with Gasteiger partial charge in [-0.05, 0) is 18.3 Å². The van der Waals surface area contributed by atoms with Gasteiger partial charge in [0, 0.05) is 45.0 Å². The average molecular weight is 293 g/mol. The maximum absolute atomic E-state index is 4.27. The highest BCUT2D eigenvalue weighted by Crippen LogP contribution is 2.22. The predicted molar refractivity (Wildman–Crippen MR) is 85.9 cm³/mol. The van der Waals surface area contributed by atoms with Crippen LogP contribution in [0, 0.1) is 11.8 Å². The molecule has 2 rings (SSSR count). The molecule has 3 atom stereocenters. The Hall–Kier alpha value is -0.940. The molecule has 0 aliphatic carbocycles. The van der Waals surface area contributed by atoms with Crippen molar-refractivity contribution in [2.24, 2.45) is 18.9 Å². The number of hydrogen-bond acceptors (Lipinski definition) is 4. The van der Waals surface area contributed by atoms with Gasteiger partial charge in [0.05, 0.1) is 5.69 Å². The van der Waals surface area contributed by atoms with Crippen LogP contribution in [-0.4, -0.2) is 45.1 Å². The Labute approximate surface area is 129 Å². The minimum atomic E-state index is 0.598. The lowest BCUT2D eigenvalue weighted by Gasteiger charge is -2.43. The summed E-state index contributed by atoms with van der Waals surface area (Å²) in [6.45, 7) is 12.4. The van der Waals surface area contributed by atoms with Crippen molar-refractivity contribution in [3.8, 4) is 0 Å². The van der Waals surface area contributed by atoms with E-state index >= 15 is 0 Å². The lowest BCUT2D eigenvalue weighted by atomic mass is 9.92. The summed E-state index contributed by atoms with van der Waals surface area (Å²) in [5.41, 5.74) is 1.08. The lowest BCUT2D eigenvalue weighted by molar-refractivity contribution is 0.0776. The van der Waals surface area contributed by atoms with Gasteiger partial charge in [0.25, 0.3) is 0 Å². The largest absolute Gasteiger partial charge is 0.311 e. The molecule has 0 aromatic carbocycles. The van der Waals surface area contributed by atoms with E-state index in [4.69, 9.17) is 0 Å². The fourth-order valence-corrected chi connectivity index (χ4v) is 3.32. The lowest BCUT2D eigenvalue weighted by Crippen LogP contribution is -2.58. The van der Waals surface area contributed by atoms with Crippen LogP contribution in [0.25, 0.3) is 0 Å². The van der Waals surface area contributed by atoms with Gasteiger partial charge in [-0.2, -0.15) is 0 Å². The van der Waals surface area contributed by atoms with E-state index in [1.165, 1.54) is 12.8 Å². The Morgan fingerprint density at radius 3 is 2.71 bits per heavy atom. The van der Waals surface area contributed by atoms with E-state index in [1.54, 1.807) is 4.68 Å². The van der Waals surface area contributed by atoms with Gasteiger partial charge in [-0.25, -0.2) is 0 Å². The van der Waals surface area contributed by atoms with Crippen molar-refractivity contribution >= 4 is 0 Å². The van der Waals surface area contributed by atoms with Crippen LogP contribution in [0.3, 0.4) is 0 Å². The normalized spacial score (nSPS) is 25.4. The third-order valence-electron chi connectivity index (χ3n) is 4.61. The smallest absolute Gasteiger partial charge is 0.0967 e. The number of aromatic nitrogens is 3. The van der Waals surface area contributed by atoms with Gasteiger partial charge < -0.3 is 5.32 Å². The van der Waals surface area contributed by atoms with E-state index in [0.29, 0.717) is 18.0 Å². The Balaban J connectivity index is 2.04. The van der Waals surface area contributed by atoms with Crippen LogP contribution in [0.2, 0.25) is 0 Å². The summed E-state index contributed by atoms with van der Waals surface area (Å²) in [4.78, 5) is 2.61. The van der Waals surface area contributed by atoms with Crippen LogP contribution in [0.4, 0.5) is 0 Å². The number of aryl methyl sites for hydroxylation is 1. The van der Waals surface area contributed by atoms with E-state index < -0.39 is 0 Å². The molecule has 3 unspecified atom stereocenters. The summed E-state index contributed by atoms with van der Waals surface area (Å²) in [7, 11) is 1.93. The minimum absolute atomic E-state index is 0.598. The maximum Gasteiger partial charge on any atom is 0.0967 e. The highest BCUT2D eigenvalue weighted by atomic mass is 15.4. The highest BCUT2D eigenvalue weighted by molar-refractivity contribution is 4.96. The Morgan fingerprint density at radius 2 is 2.14 bits per heavy atom. The molecule has 1 aromatic rings. The summed E-state index contributed by atoms with van der Waals surface area (Å²) in [5.74, 6) is 1.44. The SMILES string of the molecule is CCC(C)C1CNC(CC(C)C)CN1Cc1cn(C)nn1. The standard InChI is InChI=1S/C16H31N5/c1-6-13(4)16-8-17-14(7-12(2)3)10-21(16)11-15-9-20(5)19-18-15/h9,12-14,16-17H,6-8,10-11H2,1-5H3. The number of rotatable bonds is 6. The first-order valence-corrected chi connectivity index (χ1v) is 8.32. The Kier molecular flexibility index (Phi) is 5.76. The minimum Gasteiger partial charge on any atom is -0.311 e. The van der Waals surface area contributed by atoms with E-state index in [0.717, 1.165) is 31.2 Å². The summed E-state index contributed by atoms with van der Waals surface area (Å²) in [6, 6.07) is 1.20. The molecule has 1 fully saturated rings. The van der Waals surface area contributed by atoms with Crippen LogP contribution in [0.1, 0.15) is 46.2 Å². The van der Waals surface area contributed by atoms with Crippen LogP contribution in [0.5, 0.6) is 0 Å². The molecule has 120 valence electrons. The number of hydrogen-bond donors (Lipinski definition) is 1. The number of nitrogens with zero attached hydrogens (tertiary/aromatic N) is 4. The van der Waals surface area contributed by atoms with Gasteiger partial charge in [-0.1, -0.05) is 39.3 Å². The Morgan fingerprint density at radius 1 is 1.38 bits per heavy atom. The summed E-state index contributed by atoms with van der Waals surface area (Å²) < 4.78 is 1.79. The molecule has 5 heteroatoms. The summed E-state index contributed by atoms with van der Waals surface area (Å²) in [5, 5.41) is 12.1. The first-order chi connectivity index (χ1) is 9.99. The molecule has 1 aliphatic heterocycles. The van der Waals surface area contributed by atoms with Crippen LogP contribution < -0.4 is 5.32 Å². The summed E-state index contributed by atoms with van der Waals surface area (Å²) in [6.07, 6.45) is 4.50. The molecule has 0 saturated carbocycles. The zero-order valence-corrected chi connectivity index (χ0v) is 14.2. The van der Waals surface area contributed by atoms with Crippen molar-refractivity contribution in [2.75, 3.05) is 13.1 Å². The van der Waals surface area contributed by atoms with Crippen molar-refractivity contribution in [1.29, 1.82) is 0 Å². The molecular formula is C16H31N5. The second-order valence-corrected chi connectivity index (χ2v) is 7.00. The molecular weight excluding hydrogens is 262 g/mol. The predicted octanol–water partition coefficient (Wildman–Crippen LogP) is 2.05. The zero-order valence-electron chi connectivity index (χ0n) is 14.2. The molecule has 2 heterocycles. The van der Waals surface area contributed by atoms with Crippen molar-refractivity contribution in [1.82, 2.24) is 25.2 Å². The Bertz CT molecular complexity index is 428. The second-order valence-electron chi connectivity index (χ2n) is 7.00. The molecule has 5 nitrogen and oxygen atoms in total. The molecule has 0 bridgehead atoms. The van der Waals surface area contributed by atoms with Gasteiger partial charge in [0.15, 0.2) is 0 Å². The van der Waals surface area contributed by atoms with E-state index in [2.05, 4.69) is 48.2 Å². The molecule has 1 aromatic heterocycles. The third-order valence-corrected chi connectivity index (χ3v) is 4.61. The van der Waals surface area contributed by atoms with Crippen molar-refractivity contribution in [3.05, 3.63) is 11.9 Å². The van der Waals surface area contributed by atoms with Crippen LogP contribution in [-0.2, 0) is 13.6 Å². The number of nitrogens with one attached hydrogen (secondary N) is 1. The fourth-order valence-electron chi connectivity index (χ4n) is 3.32. The summed E-state index contributed by atoms with van der Waals surface area (Å²) >= 11 is 0. The van der Waals surface area contributed by atoms with Gasteiger partial charge in [-0.3, -0.25) is 9.58 Å². The molecule has 1 saturated heterocycles. The van der Waals surface area contributed by atoms with Crippen molar-refractivity contribution < 1.29 is 0 Å². The highest BCUT2D eigenvalue weighted by Gasteiger charge is 2.31. The van der Waals surface area contributed by atoms with Gasteiger partial charge in [0.1, 0.15) is 0 Å².